The van der Waals surface area contributed by atoms with E-state index >= 15 is 0 Å². The van der Waals surface area contributed by atoms with Crippen LogP contribution < -0.4 is 5.32 Å². The molecule has 0 radical (unpaired) electrons. The first-order chi connectivity index (χ1) is 8.11. The molecular weight excluding hydrogens is 257 g/mol. The molecule has 0 fully saturated rings. The molecule has 0 saturated heterocycles. The topological polar surface area (TPSA) is 37.8 Å². The highest BCUT2D eigenvalue weighted by Crippen LogP contribution is 2.29. The smallest absolute Gasteiger partial charge is 0.222 e. The maximum atomic E-state index is 6.00. The lowest BCUT2D eigenvalue weighted by atomic mass is 10.1. The number of hydrogen-bond donors (Lipinski definition) is 1. The number of hydrogen-bond acceptors (Lipinski definition) is 3. The van der Waals surface area contributed by atoms with Crippen LogP contribution in [-0.2, 0) is 0 Å². The van der Waals surface area contributed by atoms with Crippen LogP contribution in [0.25, 0.3) is 11.3 Å². The third-order valence-corrected chi connectivity index (χ3v) is 3.13. The predicted octanol–water partition coefficient (Wildman–Crippen LogP) is 3.80. The third-order valence-electron chi connectivity index (χ3n) is 2.39. The number of halogens is 2. The third kappa shape index (κ3) is 2.51. The molecule has 3 nitrogen and oxygen atoms in total. The zero-order chi connectivity index (χ0) is 12.4. The summed E-state index contributed by atoms with van der Waals surface area (Å²) in [5, 5.41) is 3.97. The average Bonchev–Trinajstić information content (AvgIpc) is 2.33. The normalized spacial score (nSPS) is 10.4. The van der Waals surface area contributed by atoms with Gasteiger partial charge in [-0.1, -0.05) is 29.3 Å². The Morgan fingerprint density at radius 2 is 1.94 bits per heavy atom. The molecule has 0 bridgehead atoms. The average molecular weight is 268 g/mol. The van der Waals surface area contributed by atoms with E-state index in [-0.39, 0.29) is 0 Å². The van der Waals surface area contributed by atoms with Crippen molar-refractivity contribution in [2.75, 3.05) is 12.4 Å². The molecule has 0 aliphatic heterocycles. The van der Waals surface area contributed by atoms with Gasteiger partial charge in [0.1, 0.15) is 0 Å². The fourth-order valence-electron chi connectivity index (χ4n) is 1.50. The van der Waals surface area contributed by atoms with E-state index in [0.717, 1.165) is 16.8 Å². The Bertz CT molecular complexity index is 555. The molecule has 1 heterocycles. The summed E-state index contributed by atoms with van der Waals surface area (Å²) in [6, 6.07) is 5.46. The molecule has 0 amide bonds. The lowest BCUT2D eigenvalue weighted by Gasteiger charge is -2.07. The molecule has 0 saturated carbocycles. The Morgan fingerprint density at radius 1 is 1.18 bits per heavy atom. The zero-order valence-electron chi connectivity index (χ0n) is 9.46. The van der Waals surface area contributed by atoms with E-state index in [9.17, 15) is 0 Å². The van der Waals surface area contributed by atoms with Gasteiger partial charge in [-0.05, 0) is 24.6 Å². The SMILES string of the molecule is CNc1ncc(C)c(-c2ccc(Cl)c(Cl)c2)n1. The molecule has 0 spiro atoms. The van der Waals surface area contributed by atoms with Crippen LogP contribution >= 0.6 is 23.2 Å². The van der Waals surface area contributed by atoms with Crippen LogP contribution in [0.15, 0.2) is 24.4 Å². The number of nitrogens with zero attached hydrogens (tertiary/aromatic N) is 2. The monoisotopic (exact) mass is 267 g/mol. The summed E-state index contributed by atoms with van der Waals surface area (Å²) in [6.45, 7) is 1.96. The van der Waals surface area contributed by atoms with Crippen molar-refractivity contribution in [2.45, 2.75) is 6.92 Å². The van der Waals surface area contributed by atoms with E-state index in [4.69, 9.17) is 23.2 Å². The second-order valence-electron chi connectivity index (χ2n) is 3.60. The number of benzene rings is 1. The van der Waals surface area contributed by atoms with Crippen LogP contribution in [0.1, 0.15) is 5.56 Å². The van der Waals surface area contributed by atoms with Crippen molar-refractivity contribution in [3.8, 4) is 11.3 Å². The number of nitrogens with one attached hydrogen (secondary N) is 1. The summed E-state index contributed by atoms with van der Waals surface area (Å²) in [5.74, 6) is 0.580. The van der Waals surface area contributed by atoms with Gasteiger partial charge in [0, 0.05) is 18.8 Å². The minimum atomic E-state index is 0.521. The summed E-state index contributed by atoms with van der Waals surface area (Å²) in [6.07, 6.45) is 1.77. The van der Waals surface area contributed by atoms with Gasteiger partial charge in [0.25, 0.3) is 0 Å². The van der Waals surface area contributed by atoms with Crippen molar-refractivity contribution in [1.29, 1.82) is 0 Å². The van der Waals surface area contributed by atoms with E-state index in [1.54, 1.807) is 25.4 Å². The van der Waals surface area contributed by atoms with Gasteiger partial charge in [-0.25, -0.2) is 9.97 Å². The van der Waals surface area contributed by atoms with Gasteiger partial charge in [-0.3, -0.25) is 0 Å². The van der Waals surface area contributed by atoms with Gasteiger partial charge < -0.3 is 5.32 Å². The summed E-state index contributed by atoms with van der Waals surface area (Å²) >= 11 is 11.9. The van der Waals surface area contributed by atoms with E-state index in [0.29, 0.717) is 16.0 Å². The number of aromatic nitrogens is 2. The van der Waals surface area contributed by atoms with Crippen LogP contribution in [0, 0.1) is 6.92 Å². The summed E-state index contributed by atoms with van der Waals surface area (Å²) in [5.41, 5.74) is 2.76. The second-order valence-corrected chi connectivity index (χ2v) is 4.42. The molecule has 1 N–H and O–H groups in total. The van der Waals surface area contributed by atoms with Crippen molar-refractivity contribution in [1.82, 2.24) is 9.97 Å². The van der Waals surface area contributed by atoms with Crippen molar-refractivity contribution in [3.63, 3.8) is 0 Å². The van der Waals surface area contributed by atoms with Crippen molar-refractivity contribution < 1.29 is 0 Å². The minimum absolute atomic E-state index is 0.521. The van der Waals surface area contributed by atoms with Crippen LogP contribution in [0.4, 0.5) is 5.95 Å². The molecule has 1 aromatic carbocycles. The molecular formula is C12H11Cl2N3. The molecule has 17 heavy (non-hydrogen) atoms. The number of rotatable bonds is 2. The first kappa shape index (κ1) is 12.1. The van der Waals surface area contributed by atoms with Crippen molar-refractivity contribution >= 4 is 29.2 Å². The van der Waals surface area contributed by atoms with E-state index < -0.39 is 0 Å². The molecule has 88 valence electrons. The predicted molar refractivity (Wildman–Crippen MR) is 71.8 cm³/mol. The Kier molecular flexibility index (Phi) is 3.50. The van der Waals surface area contributed by atoms with Gasteiger partial charge >= 0.3 is 0 Å². The highest BCUT2D eigenvalue weighted by atomic mass is 35.5. The largest absolute Gasteiger partial charge is 0.357 e. The zero-order valence-corrected chi connectivity index (χ0v) is 11.0. The van der Waals surface area contributed by atoms with Crippen LogP contribution in [0.3, 0.4) is 0 Å². The maximum Gasteiger partial charge on any atom is 0.222 e. The molecule has 0 unspecified atom stereocenters. The van der Waals surface area contributed by atoms with Gasteiger partial charge in [0.15, 0.2) is 0 Å². The molecule has 2 aromatic rings. The van der Waals surface area contributed by atoms with Gasteiger partial charge in [-0.15, -0.1) is 0 Å². The summed E-state index contributed by atoms with van der Waals surface area (Å²) < 4.78 is 0. The minimum Gasteiger partial charge on any atom is -0.357 e. The van der Waals surface area contributed by atoms with E-state index in [1.807, 2.05) is 13.0 Å². The maximum absolute atomic E-state index is 6.00. The highest BCUT2D eigenvalue weighted by Gasteiger charge is 2.07. The second kappa shape index (κ2) is 4.90. The fraction of sp³-hybridized carbons (Fsp3) is 0.167. The standard InChI is InChI=1S/C12H11Cl2N3/c1-7-6-16-12(15-2)17-11(7)8-3-4-9(13)10(14)5-8/h3-6H,1-2H3,(H,15,16,17). The molecule has 5 heteroatoms. The fourth-order valence-corrected chi connectivity index (χ4v) is 1.80. The van der Waals surface area contributed by atoms with Crippen LogP contribution in [0.2, 0.25) is 10.0 Å². The van der Waals surface area contributed by atoms with Gasteiger partial charge in [-0.2, -0.15) is 0 Å². The van der Waals surface area contributed by atoms with E-state index in [1.165, 1.54) is 0 Å². The summed E-state index contributed by atoms with van der Waals surface area (Å²) in [4.78, 5) is 8.55. The molecule has 0 aliphatic rings. The lowest BCUT2D eigenvalue weighted by molar-refractivity contribution is 1.12. The Labute approximate surface area is 110 Å². The molecule has 0 atom stereocenters. The van der Waals surface area contributed by atoms with E-state index in [2.05, 4.69) is 15.3 Å². The van der Waals surface area contributed by atoms with Crippen LogP contribution in [-0.4, -0.2) is 17.0 Å². The molecule has 1 aromatic heterocycles. The quantitative estimate of drug-likeness (QED) is 0.900. The van der Waals surface area contributed by atoms with Crippen molar-refractivity contribution in [3.05, 3.63) is 40.0 Å². The Morgan fingerprint density at radius 3 is 2.59 bits per heavy atom. The first-order valence-corrected chi connectivity index (χ1v) is 5.84. The Hall–Kier alpha value is -1.32. The molecule has 0 aliphatic carbocycles. The van der Waals surface area contributed by atoms with Crippen molar-refractivity contribution in [2.24, 2.45) is 0 Å². The number of aryl methyl sites for hydroxylation is 1. The highest BCUT2D eigenvalue weighted by molar-refractivity contribution is 6.42. The number of anilines is 1. The lowest BCUT2D eigenvalue weighted by Crippen LogP contribution is -1.99. The first-order valence-electron chi connectivity index (χ1n) is 5.08. The summed E-state index contributed by atoms with van der Waals surface area (Å²) in [7, 11) is 1.78. The van der Waals surface area contributed by atoms with Gasteiger partial charge in [0.2, 0.25) is 5.95 Å². The van der Waals surface area contributed by atoms with Gasteiger partial charge in [0.05, 0.1) is 15.7 Å². The Balaban J connectivity index is 2.55. The van der Waals surface area contributed by atoms with Crippen LogP contribution in [0.5, 0.6) is 0 Å². The molecule has 2 rings (SSSR count).